The number of hydrogen-bond donors (Lipinski definition) is 1. The van der Waals surface area contributed by atoms with Gasteiger partial charge in [0.05, 0.1) is 6.10 Å². The highest BCUT2D eigenvalue weighted by Gasteiger charge is 2.56. The van der Waals surface area contributed by atoms with Crippen LogP contribution in [0, 0.1) is 22.7 Å². The number of carbonyl (C=O) groups excluding carboxylic acids is 1. The van der Waals surface area contributed by atoms with Crippen molar-refractivity contribution in [1.82, 2.24) is 0 Å². The summed E-state index contributed by atoms with van der Waals surface area (Å²) in [6.07, 6.45) is 7.92. The van der Waals surface area contributed by atoms with Crippen LogP contribution < -0.4 is 0 Å². The molecule has 0 aliphatic heterocycles. The molecule has 0 aromatic carbocycles. The lowest BCUT2D eigenvalue weighted by molar-refractivity contribution is -0.133. The van der Waals surface area contributed by atoms with Crippen molar-refractivity contribution < 1.29 is 9.90 Å². The lowest BCUT2D eigenvalue weighted by Gasteiger charge is -2.58. The Bertz CT molecular complexity index is 439. The maximum atomic E-state index is 12.0. The molecule has 0 aromatic rings. The van der Waals surface area contributed by atoms with E-state index in [9.17, 15) is 9.90 Å². The molecule has 2 heteroatoms. The molecule has 3 aliphatic rings. The van der Waals surface area contributed by atoms with Gasteiger partial charge in [-0.2, -0.15) is 0 Å². The van der Waals surface area contributed by atoms with E-state index < -0.39 is 0 Å². The molecule has 3 rings (SSSR count). The predicted octanol–water partition coefficient (Wildman–Crippen LogP) is 3.49. The third kappa shape index (κ3) is 1.68. The van der Waals surface area contributed by atoms with Crippen molar-refractivity contribution in [3.63, 3.8) is 0 Å². The van der Waals surface area contributed by atoms with Gasteiger partial charge in [-0.3, -0.25) is 4.79 Å². The average molecular weight is 262 g/mol. The van der Waals surface area contributed by atoms with E-state index in [1.54, 1.807) is 0 Å². The predicted molar refractivity (Wildman–Crippen MR) is 75.7 cm³/mol. The minimum Gasteiger partial charge on any atom is -0.392 e. The number of aliphatic hydroxyl groups excluding tert-OH is 1. The first kappa shape index (κ1) is 13.4. The Labute approximate surface area is 116 Å². The standard InChI is InChI=1S/C17H26O2/c1-11-12-7-9-17(3)14(5-4-6-15(17)19)16(12,2)10-8-13(11)18/h5,11-12,15,19H,4,6-10H2,1-3H3. The van der Waals surface area contributed by atoms with Gasteiger partial charge in [-0.05, 0) is 43.4 Å². The summed E-state index contributed by atoms with van der Waals surface area (Å²) < 4.78 is 0. The normalized spacial score (nSPS) is 50.2. The van der Waals surface area contributed by atoms with Gasteiger partial charge in [-0.25, -0.2) is 0 Å². The summed E-state index contributed by atoms with van der Waals surface area (Å²) in [5.74, 6) is 1.13. The zero-order valence-corrected chi connectivity index (χ0v) is 12.4. The van der Waals surface area contributed by atoms with Crippen molar-refractivity contribution in [2.24, 2.45) is 22.7 Å². The first-order valence-electron chi connectivity index (χ1n) is 7.81. The largest absolute Gasteiger partial charge is 0.392 e. The lowest BCUT2D eigenvalue weighted by Crippen LogP contribution is -2.53. The molecule has 0 radical (unpaired) electrons. The van der Waals surface area contributed by atoms with Gasteiger partial charge in [0.15, 0.2) is 0 Å². The van der Waals surface area contributed by atoms with Gasteiger partial charge in [0.1, 0.15) is 5.78 Å². The van der Waals surface area contributed by atoms with Gasteiger partial charge in [0.25, 0.3) is 0 Å². The van der Waals surface area contributed by atoms with E-state index in [4.69, 9.17) is 0 Å². The van der Waals surface area contributed by atoms with Crippen LogP contribution in [0.3, 0.4) is 0 Å². The number of fused-ring (bicyclic) bond motifs is 3. The zero-order chi connectivity index (χ0) is 13.8. The summed E-state index contributed by atoms with van der Waals surface area (Å²) in [6, 6.07) is 0. The molecule has 5 unspecified atom stereocenters. The highest BCUT2D eigenvalue weighted by molar-refractivity contribution is 5.82. The van der Waals surface area contributed by atoms with Gasteiger partial charge in [-0.1, -0.05) is 32.4 Å². The fraction of sp³-hybridized carbons (Fsp3) is 0.824. The van der Waals surface area contributed by atoms with Crippen LogP contribution in [0.1, 0.15) is 59.3 Å². The maximum Gasteiger partial charge on any atom is 0.136 e. The molecule has 0 amide bonds. The van der Waals surface area contributed by atoms with E-state index >= 15 is 0 Å². The summed E-state index contributed by atoms with van der Waals surface area (Å²) in [5, 5.41) is 10.5. The molecule has 106 valence electrons. The van der Waals surface area contributed by atoms with Crippen molar-refractivity contribution in [1.29, 1.82) is 0 Å². The molecular weight excluding hydrogens is 236 g/mol. The molecule has 5 atom stereocenters. The van der Waals surface area contributed by atoms with Crippen LogP contribution in [0.25, 0.3) is 0 Å². The molecule has 19 heavy (non-hydrogen) atoms. The van der Waals surface area contributed by atoms with Crippen molar-refractivity contribution in [3.05, 3.63) is 11.6 Å². The Morgan fingerprint density at radius 2 is 1.95 bits per heavy atom. The Balaban J connectivity index is 2.04. The highest BCUT2D eigenvalue weighted by Crippen LogP contribution is 2.62. The third-order valence-electron chi connectivity index (χ3n) is 6.55. The van der Waals surface area contributed by atoms with Gasteiger partial charge >= 0.3 is 0 Å². The number of hydrogen-bond acceptors (Lipinski definition) is 2. The first-order valence-corrected chi connectivity index (χ1v) is 7.81. The van der Waals surface area contributed by atoms with Crippen LogP contribution in [0.5, 0.6) is 0 Å². The minimum atomic E-state index is -0.196. The zero-order valence-electron chi connectivity index (χ0n) is 12.4. The van der Waals surface area contributed by atoms with E-state index in [1.165, 1.54) is 5.57 Å². The summed E-state index contributed by atoms with van der Waals surface area (Å²) >= 11 is 0. The van der Waals surface area contributed by atoms with Gasteiger partial charge in [-0.15, -0.1) is 0 Å². The van der Waals surface area contributed by atoms with Gasteiger partial charge < -0.3 is 5.11 Å². The van der Waals surface area contributed by atoms with Crippen molar-refractivity contribution >= 4 is 5.78 Å². The molecule has 3 aliphatic carbocycles. The maximum absolute atomic E-state index is 12.0. The van der Waals surface area contributed by atoms with Crippen LogP contribution in [-0.2, 0) is 4.79 Å². The Hall–Kier alpha value is -0.630. The molecule has 2 nitrogen and oxygen atoms in total. The van der Waals surface area contributed by atoms with Crippen molar-refractivity contribution in [3.8, 4) is 0 Å². The Morgan fingerprint density at radius 1 is 1.21 bits per heavy atom. The summed E-state index contributed by atoms with van der Waals surface area (Å²) in [4.78, 5) is 12.0. The number of ketones is 1. The fourth-order valence-corrected chi connectivity index (χ4v) is 5.23. The second-order valence-corrected chi connectivity index (χ2v) is 7.45. The van der Waals surface area contributed by atoms with E-state index in [2.05, 4.69) is 26.8 Å². The smallest absolute Gasteiger partial charge is 0.136 e. The summed E-state index contributed by atoms with van der Waals surface area (Å²) in [7, 11) is 0. The number of rotatable bonds is 0. The van der Waals surface area contributed by atoms with Crippen LogP contribution in [0.2, 0.25) is 0 Å². The summed E-state index contributed by atoms with van der Waals surface area (Å²) in [6.45, 7) is 6.71. The monoisotopic (exact) mass is 262 g/mol. The van der Waals surface area contributed by atoms with Gasteiger partial charge in [0.2, 0.25) is 0 Å². The molecular formula is C17H26O2. The molecule has 2 saturated carbocycles. The van der Waals surface area contributed by atoms with Crippen LogP contribution in [0.4, 0.5) is 0 Å². The van der Waals surface area contributed by atoms with Crippen LogP contribution in [0.15, 0.2) is 11.6 Å². The molecule has 1 N–H and O–H groups in total. The molecule has 0 heterocycles. The van der Waals surface area contributed by atoms with E-state index in [0.29, 0.717) is 11.7 Å². The second kappa shape index (κ2) is 4.18. The molecule has 0 saturated heterocycles. The SMILES string of the molecule is CC1C(=O)CCC2(C)C3=CCCC(O)C3(C)CCC12. The van der Waals surface area contributed by atoms with E-state index in [-0.39, 0.29) is 22.9 Å². The quantitative estimate of drug-likeness (QED) is 0.679. The van der Waals surface area contributed by atoms with E-state index in [1.807, 2.05) is 0 Å². The number of carbonyl (C=O) groups is 1. The highest BCUT2D eigenvalue weighted by atomic mass is 16.3. The topological polar surface area (TPSA) is 37.3 Å². The van der Waals surface area contributed by atoms with Crippen LogP contribution in [-0.4, -0.2) is 17.0 Å². The average Bonchev–Trinajstić information content (AvgIpc) is 2.37. The van der Waals surface area contributed by atoms with Crippen molar-refractivity contribution in [2.45, 2.75) is 65.4 Å². The molecule has 0 spiro atoms. The molecule has 0 aromatic heterocycles. The Morgan fingerprint density at radius 3 is 2.68 bits per heavy atom. The van der Waals surface area contributed by atoms with E-state index in [0.717, 1.165) is 38.5 Å². The number of allylic oxidation sites excluding steroid dienone is 1. The lowest BCUT2D eigenvalue weighted by atomic mass is 9.46. The third-order valence-corrected chi connectivity index (χ3v) is 6.55. The number of aliphatic hydroxyl groups is 1. The van der Waals surface area contributed by atoms with Crippen LogP contribution >= 0.6 is 0 Å². The van der Waals surface area contributed by atoms with Gasteiger partial charge in [0, 0.05) is 17.8 Å². The second-order valence-electron chi connectivity index (χ2n) is 7.45. The first-order chi connectivity index (χ1) is 8.89. The summed E-state index contributed by atoms with van der Waals surface area (Å²) in [5.41, 5.74) is 1.57. The fourth-order valence-electron chi connectivity index (χ4n) is 5.23. The molecule has 2 fully saturated rings. The Kier molecular flexibility index (Phi) is 2.94. The van der Waals surface area contributed by atoms with Crippen molar-refractivity contribution in [2.75, 3.05) is 0 Å². The molecule has 0 bridgehead atoms. The minimum absolute atomic E-state index is 0.0381. The number of Topliss-reactive ketones (excluding diaryl/α,β-unsaturated/α-hetero) is 1.